The van der Waals surface area contributed by atoms with Gasteiger partial charge in [0.05, 0.1) is 38.4 Å². The van der Waals surface area contributed by atoms with E-state index in [2.05, 4.69) is 57.5 Å². The van der Waals surface area contributed by atoms with E-state index < -0.39 is 11.9 Å². The lowest BCUT2D eigenvalue weighted by atomic mass is 9.33. The van der Waals surface area contributed by atoms with Gasteiger partial charge < -0.3 is 25.0 Å². The quantitative estimate of drug-likeness (QED) is 0.116. The smallest absolute Gasteiger partial charge is 0.335 e. The Morgan fingerprint density at radius 2 is 1.67 bits per heavy atom. The monoisotopic (exact) mass is 763 g/mol. The molecule has 1 aromatic rings. The minimum atomic E-state index is -0.903. The summed E-state index contributed by atoms with van der Waals surface area (Å²) >= 11 is 0. The van der Waals surface area contributed by atoms with Crippen molar-refractivity contribution in [2.45, 2.75) is 105 Å². The fraction of sp³-hybridized carbons (Fsp3) is 0.717. The number of morpholine rings is 1. The predicted molar refractivity (Wildman–Crippen MR) is 218 cm³/mol. The summed E-state index contributed by atoms with van der Waals surface area (Å²) in [5.74, 6) is 2.23. The average Bonchev–Trinajstić information content (AvgIpc) is 3.56. The van der Waals surface area contributed by atoms with Gasteiger partial charge in [-0.25, -0.2) is 4.79 Å². The first-order valence-electron chi connectivity index (χ1n) is 21.2. The molecule has 0 bridgehead atoms. The lowest BCUT2D eigenvalue weighted by molar-refractivity contribution is -0.216. The molecule has 7 rings (SSSR count). The molecule has 4 saturated carbocycles. The Hall–Kier alpha value is -3.01. The molecular formula is C46H70N2O7. The SMILES string of the molecule is C=CCOCCN1CCOCC1.CC1C(c2ccc(C(=O)O)cc2)=CCC2(C)C1CCC1(C)C2CCC2[C@H]3CCCC3(C)CC[C@]21C.O=CNCCC(=O)O. The van der Waals surface area contributed by atoms with Crippen LogP contribution in [0.5, 0.6) is 0 Å². The highest BCUT2D eigenvalue weighted by Crippen LogP contribution is 2.76. The van der Waals surface area contributed by atoms with Gasteiger partial charge in [0.15, 0.2) is 0 Å². The van der Waals surface area contributed by atoms with Crippen LogP contribution in [-0.4, -0.2) is 86.1 Å². The van der Waals surface area contributed by atoms with Crippen molar-refractivity contribution in [3.63, 3.8) is 0 Å². The summed E-state index contributed by atoms with van der Waals surface area (Å²) in [5, 5.41) is 19.5. The van der Waals surface area contributed by atoms with Crippen LogP contribution in [0.1, 0.15) is 121 Å². The van der Waals surface area contributed by atoms with Crippen LogP contribution in [0.15, 0.2) is 43.0 Å². The third kappa shape index (κ3) is 9.10. The molecule has 5 aliphatic carbocycles. The Morgan fingerprint density at radius 3 is 2.33 bits per heavy atom. The van der Waals surface area contributed by atoms with E-state index in [0.717, 1.165) is 63.1 Å². The summed E-state index contributed by atoms with van der Waals surface area (Å²) in [6.45, 7) is 23.3. The van der Waals surface area contributed by atoms with Crippen molar-refractivity contribution < 1.29 is 34.1 Å². The van der Waals surface area contributed by atoms with E-state index >= 15 is 0 Å². The number of aliphatic carboxylic acids is 1. The van der Waals surface area contributed by atoms with Crippen molar-refractivity contribution in [2.24, 2.45) is 51.2 Å². The van der Waals surface area contributed by atoms with Crippen molar-refractivity contribution >= 4 is 23.9 Å². The molecule has 1 heterocycles. The lowest BCUT2D eigenvalue weighted by Gasteiger charge is -2.71. The van der Waals surface area contributed by atoms with Crippen molar-refractivity contribution in [3.8, 4) is 0 Å². The van der Waals surface area contributed by atoms with E-state index in [9.17, 15) is 19.5 Å². The van der Waals surface area contributed by atoms with Gasteiger partial charge >= 0.3 is 11.9 Å². The third-order valence-electron chi connectivity index (χ3n) is 15.9. The number of hydrogen-bond donors (Lipinski definition) is 3. The van der Waals surface area contributed by atoms with Crippen LogP contribution in [0.2, 0.25) is 0 Å². The molecule has 9 heteroatoms. The first kappa shape index (κ1) is 43.1. The fourth-order valence-electron chi connectivity index (χ4n) is 12.7. The Labute approximate surface area is 330 Å². The standard InChI is InChI=1S/C33H46O2.C9H17NO2.C4H7NO3/c1-21-24(22-8-10-23(11-9-22)29(34)35)14-17-31(3)25(21)15-18-33(5)28(31)13-12-27-26-7-6-16-30(26,2)19-20-32(27,33)4;1-2-6-11-7-3-10-4-8-12-9-5-10;6-3-5-2-1-4(7)8/h8-11,14,21,25-28H,6-7,12-13,15-20H2,1-5H3,(H,34,35);2H,1,3-9H2;3H,1-2H2,(H,5,6)(H,7,8)/t21?,25?,26-,27?,28?,30?,31?,32-,33?;;/m1../s1. The number of rotatable bonds is 11. The molecule has 1 aliphatic heterocycles. The number of ether oxygens (including phenoxy) is 2. The third-order valence-corrected chi connectivity index (χ3v) is 15.9. The number of fused-ring (bicyclic) bond motifs is 7. The highest BCUT2D eigenvalue weighted by Gasteiger charge is 2.67. The lowest BCUT2D eigenvalue weighted by Crippen LogP contribution is -2.64. The van der Waals surface area contributed by atoms with Gasteiger partial charge in [0, 0.05) is 26.2 Å². The number of nitrogens with zero attached hydrogens (tertiary/aromatic N) is 1. The van der Waals surface area contributed by atoms with Crippen LogP contribution in [0.25, 0.3) is 5.57 Å². The number of carbonyl (C=O) groups excluding carboxylic acids is 1. The van der Waals surface area contributed by atoms with Crippen molar-refractivity contribution in [1.82, 2.24) is 10.2 Å². The minimum Gasteiger partial charge on any atom is -0.481 e. The molecule has 9 atom stereocenters. The number of nitrogens with one attached hydrogen (secondary N) is 1. The van der Waals surface area contributed by atoms with E-state index in [-0.39, 0.29) is 13.0 Å². The zero-order valence-electron chi connectivity index (χ0n) is 34.5. The zero-order valence-corrected chi connectivity index (χ0v) is 34.5. The minimum absolute atomic E-state index is 0.0151. The Balaban J connectivity index is 0.000000239. The van der Waals surface area contributed by atoms with Crippen molar-refractivity contribution in [2.75, 3.05) is 52.6 Å². The molecule has 55 heavy (non-hydrogen) atoms. The van der Waals surface area contributed by atoms with Gasteiger partial charge in [0.2, 0.25) is 6.41 Å². The normalized spacial score (nSPS) is 36.4. The van der Waals surface area contributed by atoms with Gasteiger partial charge in [0.25, 0.3) is 0 Å². The predicted octanol–water partition coefficient (Wildman–Crippen LogP) is 8.59. The summed E-state index contributed by atoms with van der Waals surface area (Å²) < 4.78 is 10.5. The molecule has 0 aromatic heterocycles. The van der Waals surface area contributed by atoms with Gasteiger partial charge in [-0.3, -0.25) is 14.5 Å². The maximum atomic E-state index is 11.3. The number of carboxylic acids is 2. The molecular weight excluding hydrogens is 693 g/mol. The number of allylic oxidation sites excluding steroid dienone is 2. The molecule has 1 aromatic carbocycles. The highest BCUT2D eigenvalue weighted by molar-refractivity contribution is 5.88. The zero-order chi connectivity index (χ0) is 39.9. The molecule has 9 nitrogen and oxygen atoms in total. The topological polar surface area (TPSA) is 125 Å². The van der Waals surface area contributed by atoms with Gasteiger partial charge in [-0.1, -0.05) is 65.3 Å². The van der Waals surface area contributed by atoms with E-state index in [0.29, 0.717) is 46.2 Å². The van der Waals surface area contributed by atoms with E-state index in [4.69, 9.17) is 14.6 Å². The number of hydrogen-bond acceptors (Lipinski definition) is 6. The summed E-state index contributed by atoms with van der Waals surface area (Å²) in [6.07, 6.45) is 18.9. The van der Waals surface area contributed by atoms with Crippen molar-refractivity contribution in [1.29, 1.82) is 0 Å². The number of benzene rings is 1. The van der Waals surface area contributed by atoms with Crippen LogP contribution in [0, 0.1) is 51.2 Å². The van der Waals surface area contributed by atoms with Gasteiger partial charge in [-0.2, -0.15) is 0 Å². The first-order chi connectivity index (χ1) is 26.2. The molecule has 1 saturated heterocycles. The van der Waals surface area contributed by atoms with Gasteiger partial charge in [-0.05, 0) is 132 Å². The molecule has 5 fully saturated rings. The van der Waals surface area contributed by atoms with E-state index in [1.165, 1.54) is 75.3 Å². The second-order valence-corrected chi connectivity index (χ2v) is 18.4. The number of carboxylic acid groups (broad SMARTS) is 2. The molecule has 1 amide bonds. The number of carbonyl (C=O) groups is 3. The molecule has 6 aliphatic rings. The largest absolute Gasteiger partial charge is 0.481 e. The summed E-state index contributed by atoms with van der Waals surface area (Å²) in [4.78, 5) is 32.9. The summed E-state index contributed by atoms with van der Waals surface area (Å²) in [6, 6.07) is 7.63. The van der Waals surface area contributed by atoms with Crippen LogP contribution in [-0.2, 0) is 19.1 Å². The van der Waals surface area contributed by atoms with E-state index in [1.54, 1.807) is 18.2 Å². The Bertz CT molecular complexity index is 1510. The van der Waals surface area contributed by atoms with Crippen LogP contribution in [0.4, 0.5) is 0 Å². The molecule has 0 spiro atoms. The van der Waals surface area contributed by atoms with Crippen LogP contribution < -0.4 is 5.32 Å². The number of aromatic carboxylic acids is 1. The molecule has 0 radical (unpaired) electrons. The highest BCUT2D eigenvalue weighted by atomic mass is 16.5. The van der Waals surface area contributed by atoms with Crippen molar-refractivity contribution in [3.05, 3.63) is 54.1 Å². The maximum absolute atomic E-state index is 11.3. The molecule has 306 valence electrons. The average molecular weight is 763 g/mol. The van der Waals surface area contributed by atoms with E-state index in [1.807, 2.05) is 12.1 Å². The first-order valence-corrected chi connectivity index (χ1v) is 21.2. The van der Waals surface area contributed by atoms with Gasteiger partial charge in [0.1, 0.15) is 0 Å². The summed E-state index contributed by atoms with van der Waals surface area (Å²) in [7, 11) is 0. The fourth-order valence-corrected chi connectivity index (χ4v) is 12.7. The van der Waals surface area contributed by atoms with Crippen LogP contribution >= 0.6 is 0 Å². The van der Waals surface area contributed by atoms with Crippen LogP contribution in [0.3, 0.4) is 0 Å². The second kappa shape index (κ2) is 18.5. The Morgan fingerprint density at radius 1 is 0.945 bits per heavy atom. The summed E-state index contributed by atoms with van der Waals surface area (Å²) in [5.41, 5.74) is 5.02. The number of amides is 1. The molecule has 3 N–H and O–H groups in total. The second-order valence-electron chi connectivity index (χ2n) is 18.4. The Kier molecular flexibility index (Phi) is 14.5. The van der Waals surface area contributed by atoms with Gasteiger partial charge in [-0.15, -0.1) is 6.58 Å². The maximum Gasteiger partial charge on any atom is 0.335 e. The molecule has 7 unspecified atom stereocenters.